The van der Waals surface area contributed by atoms with Gasteiger partial charge in [0, 0.05) is 78.0 Å². The summed E-state index contributed by atoms with van der Waals surface area (Å²) in [6, 6.07) is 25.8. The number of aromatic nitrogens is 9. The number of hydrogen-bond acceptors (Lipinski definition) is 16. The third-order valence-electron chi connectivity index (χ3n) is 15.2. The minimum absolute atomic E-state index is 0.000590. The molecule has 20 nitrogen and oxygen atoms in total. The summed E-state index contributed by atoms with van der Waals surface area (Å²) in [7, 11) is 1.66. The van der Waals surface area contributed by atoms with E-state index in [1.807, 2.05) is 53.8 Å². The second-order valence-corrected chi connectivity index (χ2v) is 22.7. The van der Waals surface area contributed by atoms with Crippen LogP contribution >= 0.6 is 11.3 Å². The van der Waals surface area contributed by atoms with E-state index in [9.17, 15) is 23.2 Å². The number of carbonyl (C=O) groups is 3. The van der Waals surface area contributed by atoms with Crippen molar-refractivity contribution in [2.45, 2.75) is 91.9 Å². The Morgan fingerprint density at radius 1 is 0.612 bits per heavy atom. The molecule has 11 heterocycles. The number of ether oxygens (including phenoxy) is 2. The average molecular weight is 1170 g/mol. The summed E-state index contributed by atoms with van der Waals surface area (Å²) in [6.07, 6.45) is 6.18. The van der Waals surface area contributed by atoms with Gasteiger partial charge in [0.1, 0.15) is 17.5 Å². The van der Waals surface area contributed by atoms with Gasteiger partial charge in [-0.25, -0.2) is 23.7 Å². The predicted molar refractivity (Wildman–Crippen MR) is 316 cm³/mol. The van der Waals surface area contributed by atoms with Gasteiger partial charge in [0.2, 0.25) is 17.7 Å². The molecule has 436 valence electrons. The molecule has 0 atom stereocenters. The van der Waals surface area contributed by atoms with E-state index < -0.39 is 0 Å². The second-order valence-electron chi connectivity index (χ2n) is 21.4. The van der Waals surface area contributed by atoms with Crippen molar-refractivity contribution in [3.05, 3.63) is 188 Å². The van der Waals surface area contributed by atoms with E-state index in [1.165, 1.54) is 29.1 Å². The maximum Gasteiger partial charge on any atom is 0.229 e. The summed E-state index contributed by atoms with van der Waals surface area (Å²) >= 11 is 1.68. The van der Waals surface area contributed by atoms with E-state index in [0.717, 1.165) is 66.9 Å². The highest BCUT2D eigenvalue weighted by Gasteiger charge is 2.31. The fraction of sp³-hybridized carbons (Fsp3) is 0.290. The number of halogens is 2. The van der Waals surface area contributed by atoms with Gasteiger partial charge in [-0.15, -0.1) is 11.3 Å². The van der Waals surface area contributed by atoms with Crippen molar-refractivity contribution in [1.29, 1.82) is 0 Å². The second kappa shape index (κ2) is 24.9. The Balaban J connectivity index is 0.000000133. The van der Waals surface area contributed by atoms with Gasteiger partial charge in [0.25, 0.3) is 0 Å². The molecule has 85 heavy (non-hydrogen) atoms. The van der Waals surface area contributed by atoms with Crippen molar-refractivity contribution in [1.82, 2.24) is 59.2 Å². The molecule has 9 aromatic rings. The van der Waals surface area contributed by atoms with Gasteiger partial charge in [-0.1, -0.05) is 0 Å². The molecule has 6 N–H and O–H groups in total. The van der Waals surface area contributed by atoms with Gasteiger partial charge < -0.3 is 41.4 Å². The number of thiophene rings is 1. The molecule has 0 unspecified atom stereocenters. The molecule has 13 rings (SSSR count). The largest absolute Gasteiger partial charge is 0.397 e. The molecular formula is C62H63F2N15O5S. The quantitative estimate of drug-likeness (QED) is 0.0991. The van der Waals surface area contributed by atoms with Gasteiger partial charge in [-0.2, -0.15) is 10.2 Å². The van der Waals surface area contributed by atoms with Crippen LogP contribution in [0.25, 0.3) is 33.1 Å². The number of anilines is 3. The van der Waals surface area contributed by atoms with Crippen LogP contribution in [0.5, 0.6) is 0 Å². The van der Waals surface area contributed by atoms with Gasteiger partial charge >= 0.3 is 0 Å². The first-order chi connectivity index (χ1) is 41.0. The highest BCUT2D eigenvalue weighted by molar-refractivity contribution is 7.15. The van der Waals surface area contributed by atoms with E-state index in [2.05, 4.69) is 48.1 Å². The van der Waals surface area contributed by atoms with E-state index in [-0.39, 0.29) is 48.6 Å². The van der Waals surface area contributed by atoms with Crippen LogP contribution in [0.3, 0.4) is 0 Å². The lowest BCUT2D eigenvalue weighted by molar-refractivity contribution is -0.132. The standard InChI is InChI=1S/C22H24FN5O2.C21H20FN5O2.C19H19N5OS/c1-14-9-16(23)3-4-17(14)19-6-5-18(24)20(25-19)10-22(29)27-11-15-12-28(7-8-30-2)26-21(15)13-27;22-15-3-1-13(2-4-15)18-6-5-17(23)19(24-18)7-21(28)26-8-14-9-27(16-11-29-12-16)25-20(14)10-26;1-11-3-6-18(26-11)15-5-4-14(20)16(23-15)7-19(25)24-9-13-8-21-12(2)22-17(13)10-24/h3-6,9,12H,7-8,10-11,13,24H2,1-2H3;1-6,9,16H,7-8,10-12,23H2;3-6,8H,7,9-10,20H2,1-2H3. The van der Waals surface area contributed by atoms with E-state index in [4.69, 9.17) is 26.7 Å². The SMILES string of the molecule is COCCn1cc2c(n1)CN(C(=O)Cc1nc(-c3ccc(F)cc3C)ccc1N)C2.Cc1ncc2c(n1)CN(C(=O)Cc1nc(-c3ccc(C)s3)ccc1N)C2.Nc1ccc(-c2ccc(F)cc2)nc1CC(=O)N1Cc2cn(C3COC3)nc2C1. The number of carbonyl (C=O) groups excluding carboxylic acids is 3. The molecule has 7 aromatic heterocycles. The molecule has 0 radical (unpaired) electrons. The van der Waals surface area contributed by atoms with Crippen molar-refractivity contribution in [3.8, 4) is 33.1 Å². The van der Waals surface area contributed by atoms with Crippen molar-refractivity contribution in [3.63, 3.8) is 0 Å². The zero-order valence-electron chi connectivity index (χ0n) is 47.5. The Kier molecular flexibility index (Phi) is 16.8. The molecule has 1 fully saturated rings. The van der Waals surface area contributed by atoms with Crippen molar-refractivity contribution in [2.75, 3.05) is 44.1 Å². The topological polar surface area (TPSA) is 258 Å². The molecule has 0 saturated carbocycles. The number of fused-ring (bicyclic) bond motifs is 3. The number of methoxy groups -OCH3 is 1. The number of pyridine rings is 3. The smallest absolute Gasteiger partial charge is 0.229 e. The van der Waals surface area contributed by atoms with Crippen LogP contribution in [0, 0.1) is 32.4 Å². The molecule has 4 aliphatic rings. The Morgan fingerprint density at radius 2 is 1.16 bits per heavy atom. The Hall–Kier alpha value is -9.32. The summed E-state index contributed by atoms with van der Waals surface area (Å²) in [5, 5.41) is 9.13. The average Bonchev–Trinajstić information content (AvgIpc) is 3.82. The van der Waals surface area contributed by atoms with Gasteiger partial charge in [0.15, 0.2) is 0 Å². The zero-order valence-corrected chi connectivity index (χ0v) is 48.3. The van der Waals surface area contributed by atoms with Crippen molar-refractivity contribution < 1.29 is 32.6 Å². The first-order valence-corrected chi connectivity index (χ1v) is 28.5. The zero-order chi connectivity index (χ0) is 59.5. The highest BCUT2D eigenvalue weighted by Crippen LogP contribution is 2.31. The number of rotatable bonds is 13. The van der Waals surface area contributed by atoms with Crippen LogP contribution in [0.15, 0.2) is 110 Å². The number of benzene rings is 2. The third-order valence-corrected chi connectivity index (χ3v) is 16.2. The Morgan fingerprint density at radius 3 is 1.73 bits per heavy atom. The van der Waals surface area contributed by atoms with E-state index >= 15 is 0 Å². The fourth-order valence-electron chi connectivity index (χ4n) is 10.3. The number of hydrogen-bond donors (Lipinski definition) is 3. The summed E-state index contributed by atoms with van der Waals surface area (Å²) in [6.45, 7) is 11.5. The van der Waals surface area contributed by atoms with Gasteiger partial charge in [0.05, 0.1) is 144 Å². The molecule has 0 bridgehead atoms. The minimum atomic E-state index is -0.306. The minimum Gasteiger partial charge on any atom is -0.397 e. The molecule has 0 aliphatic carbocycles. The first kappa shape index (κ1) is 57.5. The number of nitrogen functional groups attached to an aromatic ring is 3. The Labute approximate surface area is 493 Å². The Bertz CT molecular complexity index is 3930. The van der Waals surface area contributed by atoms with Gasteiger partial charge in [-0.3, -0.25) is 33.7 Å². The number of amides is 3. The fourth-order valence-corrected chi connectivity index (χ4v) is 11.1. The third kappa shape index (κ3) is 13.2. The van der Waals surface area contributed by atoms with Crippen molar-refractivity contribution >= 4 is 46.1 Å². The summed E-state index contributed by atoms with van der Waals surface area (Å²) < 4.78 is 40.7. The summed E-state index contributed by atoms with van der Waals surface area (Å²) in [5.74, 6) is 0.0300. The molecule has 23 heteroatoms. The lowest BCUT2D eigenvalue weighted by atomic mass is 10.0. The number of nitrogens with zero attached hydrogens (tertiary/aromatic N) is 12. The van der Waals surface area contributed by atoms with E-state index in [0.29, 0.717) is 117 Å². The number of aryl methyl sites for hydroxylation is 3. The highest BCUT2D eigenvalue weighted by atomic mass is 32.1. The van der Waals surface area contributed by atoms with Crippen LogP contribution in [0.4, 0.5) is 25.8 Å². The van der Waals surface area contributed by atoms with Crippen LogP contribution in [-0.2, 0) is 88.9 Å². The number of nitrogens with two attached hydrogens (primary N) is 3. The molecule has 0 spiro atoms. The monoisotopic (exact) mass is 1170 g/mol. The predicted octanol–water partition coefficient (Wildman–Crippen LogP) is 7.91. The summed E-state index contributed by atoms with van der Waals surface area (Å²) in [5.41, 5.74) is 31.8. The normalized spacial score (nSPS) is 14.0. The van der Waals surface area contributed by atoms with Crippen LogP contribution < -0.4 is 17.2 Å². The van der Waals surface area contributed by atoms with Gasteiger partial charge in [-0.05, 0) is 117 Å². The molecule has 1 saturated heterocycles. The maximum absolute atomic E-state index is 13.4. The maximum atomic E-state index is 13.4. The lowest BCUT2D eigenvalue weighted by Gasteiger charge is -2.26. The van der Waals surface area contributed by atoms with Crippen LogP contribution in [0.1, 0.15) is 73.2 Å². The molecule has 4 aliphatic heterocycles. The van der Waals surface area contributed by atoms with Crippen molar-refractivity contribution in [2.24, 2.45) is 0 Å². The molecule has 2 aromatic carbocycles. The molecule has 3 amide bonds. The van der Waals surface area contributed by atoms with Crippen LogP contribution in [-0.4, -0.2) is 104 Å². The summed E-state index contributed by atoms with van der Waals surface area (Å²) in [4.78, 5) is 68.5. The first-order valence-electron chi connectivity index (χ1n) is 27.7. The molecular weight excluding hydrogens is 1100 g/mol. The van der Waals surface area contributed by atoms with E-state index in [1.54, 1.807) is 81.8 Å². The van der Waals surface area contributed by atoms with Crippen LogP contribution in [0.2, 0.25) is 0 Å². The lowest BCUT2D eigenvalue weighted by Crippen LogP contribution is -2.32.